The lowest BCUT2D eigenvalue weighted by Crippen LogP contribution is -2.26. The number of hydrogen-bond donors (Lipinski definition) is 1. The van der Waals surface area contributed by atoms with Crippen LogP contribution in [-0.2, 0) is 0 Å². The number of methoxy groups -OCH3 is 2. The van der Waals surface area contributed by atoms with Crippen molar-refractivity contribution in [2.75, 3.05) is 27.8 Å². The number of unbranched alkanes of at least 4 members (excludes halogenated alkanes) is 1. The van der Waals surface area contributed by atoms with Crippen LogP contribution in [0, 0.1) is 0 Å². The van der Waals surface area contributed by atoms with Crippen molar-refractivity contribution in [1.29, 1.82) is 0 Å². The molecule has 140 valence electrons. The molecule has 0 bridgehead atoms. The predicted molar refractivity (Wildman–Crippen MR) is 101 cm³/mol. The summed E-state index contributed by atoms with van der Waals surface area (Å²) < 4.78 is 12.6. The molecule has 1 unspecified atom stereocenters. The SMILES string of the molecule is CCCCN(C)C(c1cccc(OC)c1OC)c1sc2ncnn2c1O. The Morgan fingerprint density at radius 2 is 2.12 bits per heavy atom. The van der Waals surface area contributed by atoms with Gasteiger partial charge in [0.05, 0.1) is 25.1 Å². The van der Waals surface area contributed by atoms with Crippen LogP contribution < -0.4 is 9.47 Å². The maximum Gasteiger partial charge on any atom is 0.230 e. The van der Waals surface area contributed by atoms with Crippen molar-refractivity contribution < 1.29 is 14.6 Å². The average molecular weight is 376 g/mol. The number of aromatic nitrogens is 3. The van der Waals surface area contributed by atoms with Crippen LogP contribution in [0.15, 0.2) is 24.5 Å². The third kappa shape index (κ3) is 3.22. The monoisotopic (exact) mass is 376 g/mol. The summed E-state index contributed by atoms with van der Waals surface area (Å²) in [6.45, 7) is 3.05. The average Bonchev–Trinajstić information content (AvgIpc) is 3.23. The summed E-state index contributed by atoms with van der Waals surface area (Å²) in [5.74, 6) is 1.44. The topological polar surface area (TPSA) is 72.1 Å². The summed E-state index contributed by atoms with van der Waals surface area (Å²) in [4.78, 5) is 7.87. The van der Waals surface area contributed by atoms with E-state index in [0.29, 0.717) is 16.5 Å². The van der Waals surface area contributed by atoms with E-state index in [2.05, 4.69) is 29.0 Å². The van der Waals surface area contributed by atoms with Gasteiger partial charge in [-0.25, -0.2) is 4.98 Å². The van der Waals surface area contributed by atoms with Crippen molar-refractivity contribution in [3.8, 4) is 17.4 Å². The summed E-state index contributed by atoms with van der Waals surface area (Å²) >= 11 is 1.43. The Morgan fingerprint density at radius 3 is 2.77 bits per heavy atom. The van der Waals surface area contributed by atoms with E-state index in [-0.39, 0.29) is 11.9 Å². The molecule has 0 radical (unpaired) electrons. The first-order valence-electron chi connectivity index (χ1n) is 8.54. The zero-order chi connectivity index (χ0) is 18.7. The van der Waals surface area contributed by atoms with Crippen molar-refractivity contribution in [1.82, 2.24) is 19.5 Å². The number of benzene rings is 1. The molecule has 2 heterocycles. The molecule has 1 N–H and O–H groups in total. The summed E-state index contributed by atoms with van der Waals surface area (Å²) in [5, 5.41) is 14.9. The number of para-hydroxylation sites is 1. The van der Waals surface area contributed by atoms with Crippen LogP contribution in [0.1, 0.15) is 36.2 Å². The third-order valence-corrected chi connectivity index (χ3v) is 5.51. The van der Waals surface area contributed by atoms with E-state index in [4.69, 9.17) is 9.47 Å². The van der Waals surface area contributed by atoms with Gasteiger partial charge in [0.15, 0.2) is 11.5 Å². The first kappa shape index (κ1) is 18.5. The van der Waals surface area contributed by atoms with Gasteiger partial charge in [-0.3, -0.25) is 4.90 Å². The Kier molecular flexibility index (Phi) is 5.63. The molecule has 26 heavy (non-hydrogen) atoms. The van der Waals surface area contributed by atoms with Gasteiger partial charge >= 0.3 is 0 Å². The molecule has 0 saturated carbocycles. The van der Waals surface area contributed by atoms with Crippen molar-refractivity contribution >= 4 is 16.3 Å². The number of thiazole rings is 1. The molecule has 8 heteroatoms. The summed E-state index contributed by atoms with van der Waals surface area (Å²) in [6, 6.07) is 5.61. The molecular weight excluding hydrogens is 352 g/mol. The minimum atomic E-state index is -0.194. The van der Waals surface area contributed by atoms with Gasteiger partial charge in [0, 0.05) is 5.56 Å². The molecular formula is C18H24N4O3S. The number of hydrogen-bond acceptors (Lipinski definition) is 7. The molecule has 0 saturated heterocycles. The quantitative estimate of drug-likeness (QED) is 0.650. The molecule has 0 aliphatic rings. The highest BCUT2D eigenvalue weighted by Crippen LogP contribution is 2.44. The van der Waals surface area contributed by atoms with Crippen molar-refractivity contribution in [2.24, 2.45) is 0 Å². The van der Waals surface area contributed by atoms with E-state index in [1.165, 1.54) is 22.2 Å². The van der Waals surface area contributed by atoms with E-state index < -0.39 is 0 Å². The third-order valence-electron chi connectivity index (χ3n) is 4.42. The number of rotatable bonds is 8. The fraction of sp³-hybridized carbons (Fsp3) is 0.444. The van der Waals surface area contributed by atoms with E-state index in [1.807, 2.05) is 18.2 Å². The number of nitrogens with zero attached hydrogens (tertiary/aromatic N) is 4. The molecule has 0 spiro atoms. The predicted octanol–water partition coefficient (Wildman–Crippen LogP) is 3.33. The molecule has 7 nitrogen and oxygen atoms in total. The van der Waals surface area contributed by atoms with Crippen LogP contribution >= 0.6 is 11.3 Å². The maximum atomic E-state index is 10.7. The standard InChI is InChI=1S/C18H24N4O3S/c1-5-6-10-21(2)14(12-8-7-9-13(24-3)15(12)25-4)16-17(23)22-18(26-16)19-11-20-22/h7-9,11,14,23H,5-6,10H2,1-4H3. The molecule has 2 aromatic heterocycles. The molecule has 0 aliphatic heterocycles. The van der Waals surface area contributed by atoms with Crippen LogP contribution in [0.2, 0.25) is 0 Å². The second-order valence-electron chi connectivity index (χ2n) is 6.06. The normalized spacial score (nSPS) is 12.7. The zero-order valence-corrected chi connectivity index (χ0v) is 16.3. The van der Waals surface area contributed by atoms with Gasteiger partial charge < -0.3 is 14.6 Å². The van der Waals surface area contributed by atoms with E-state index in [9.17, 15) is 5.11 Å². The van der Waals surface area contributed by atoms with Crippen molar-refractivity contribution in [3.05, 3.63) is 35.0 Å². The molecule has 0 aliphatic carbocycles. The molecule has 0 fully saturated rings. The Bertz CT molecular complexity index is 877. The molecule has 3 rings (SSSR count). The lowest BCUT2D eigenvalue weighted by Gasteiger charge is -2.29. The van der Waals surface area contributed by atoms with Gasteiger partial charge in [-0.2, -0.15) is 9.61 Å². The van der Waals surface area contributed by atoms with Crippen LogP contribution in [0.4, 0.5) is 0 Å². The summed E-state index contributed by atoms with van der Waals surface area (Å²) in [5.41, 5.74) is 0.935. The van der Waals surface area contributed by atoms with Gasteiger partial charge in [0.25, 0.3) is 0 Å². The highest BCUT2D eigenvalue weighted by molar-refractivity contribution is 7.17. The first-order chi connectivity index (χ1) is 12.6. The smallest absolute Gasteiger partial charge is 0.230 e. The van der Waals surface area contributed by atoms with Crippen LogP contribution in [0.3, 0.4) is 0 Å². The van der Waals surface area contributed by atoms with Crippen LogP contribution in [0.5, 0.6) is 17.4 Å². The van der Waals surface area contributed by atoms with Gasteiger partial charge in [-0.1, -0.05) is 36.8 Å². The highest BCUT2D eigenvalue weighted by atomic mass is 32.1. The fourth-order valence-electron chi connectivity index (χ4n) is 3.12. The Morgan fingerprint density at radius 1 is 1.31 bits per heavy atom. The molecule has 1 aromatic carbocycles. The van der Waals surface area contributed by atoms with Gasteiger partial charge in [0.2, 0.25) is 10.8 Å². The largest absolute Gasteiger partial charge is 0.493 e. The van der Waals surface area contributed by atoms with E-state index in [1.54, 1.807) is 14.2 Å². The number of aromatic hydroxyl groups is 1. The minimum absolute atomic E-state index is 0.112. The van der Waals surface area contributed by atoms with Gasteiger partial charge in [0.1, 0.15) is 6.33 Å². The minimum Gasteiger partial charge on any atom is -0.493 e. The number of ether oxygens (including phenoxy) is 2. The highest BCUT2D eigenvalue weighted by Gasteiger charge is 2.30. The second-order valence-corrected chi connectivity index (χ2v) is 7.07. The molecule has 0 amide bonds. The Hall–Kier alpha value is -2.32. The zero-order valence-electron chi connectivity index (χ0n) is 15.5. The summed E-state index contributed by atoms with van der Waals surface area (Å²) in [7, 11) is 5.31. The van der Waals surface area contributed by atoms with Gasteiger partial charge in [-0.05, 0) is 26.1 Å². The number of fused-ring (bicyclic) bond motifs is 1. The Balaban J connectivity index is 2.15. The first-order valence-corrected chi connectivity index (χ1v) is 9.36. The van der Waals surface area contributed by atoms with E-state index in [0.717, 1.165) is 29.8 Å². The van der Waals surface area contributed by atoms with Crippen molar-refractivity contribution in [3.63, 3.8) is 0 Å². The molecule has 1 atom stereocenters. The second kappa shape index (κ2) is 7.92. The lowest BCUT2D eigenvalue weighted by atomic mass is 10.0. The Labute approximate surface area is 156 Å². The van der Waals surface area contributed by atoms with Crippen LogP contribution in [-0.4, -0.2) is 52.4 Å². The summed E-state index contributed by atoms with van der Waals surface area (Å²) in [6.07, 6.45) is 3.59. The van der Waals surface area contributed by atoms with Gasteiger partial charge in [-0.15, -0.1) is 0 Å². The lowest BCUT2D eigenvalue weighted by molar-refractivity contribution is 0.262. The fourth-order valence-corrected chi connectivity index (χ4v) is 4.23. The molecule has 3 aromatic rings. The maximum absolute atomic E-state index is 10.7. The van der Waals surface area contributed by atoms with E-state index >= 15 is 0 Å². The van der Waals surface area contributed by atoms with Crippen molar-refractivity contribution in [2.45, 2.75) is 25.8 Å². The van der Waals surface area contributed by atoms with Crippen LogP contribution in [0.25, 0.3) is 4.96 Å².